The van der Waals surface area contributed by atoms with Gasteiger partial charge in [0, 0.05) is 30.9 Å². The van der Waals surface area contributed by atoms with E-state index < -0.39 is 4.92 Å². The molecule has 0 saturated carbocycles. The molecule has 2 rings (SSSR count). The Morgan fingerprint density at radius 1 is 1.50 bits per heavy atom. The highest BCUT2D eigenvalue weighted by Crippen LogP contribution is 2.19. The van der Waals surface area contributed by atoms with Crippen LogP contribution in [0.4, 0.5) is 11.5 Å². The molecule has 0 atom stereocenters. The summed E-state index contributed by atoms with van der Waals surface area (Å²) in [6.07, 6.45) is 4.11. The van der Waals surface area contributed by atoms with Gasteiger partial charge in [0.1, 0.15) is 12.0 Å². The second-order valence-electron chi connectivity index (χ2n) is 4.59. The van der Waals surface area contributed by atoms with E-state index in [4.69, 9.17) is 0 Å². The maximum atomic E-state index is 10.7. The summed E-state index contributed by atoms with van der Waals surface area (Å²) in [6.45, 7) is 4.36. The minimum absolute atomic E-state index is 0.0335. The fourth-order valence-electron chi connectivity index (χ4n) is 2.05. The maximum absolute atomic E-state index is 10.7. The lowest BCUT2D eigenvalue weighted by Gasteiger charge is -2.06. The average Bonchev–Trinajstić information content (AvgIpc) is 2.76. The van der Waals surface area contributed by atoms with Gasteiger partial charge in [-0.25, -0.2) is 4.98 Å². The van der Waals surface area contributed by atoms with Gasteiger partial charge in [-0.3, -0.25) is 14.8 Å². The molecule has 0 bridgehead atoms. The molecule has 0 unspecified atom stereocenters. The van der Waals surface area contributed by atoms with Crippen molar-refractivity contribution in [2.24, 2.45) is 7.05 Å². The fourth-order valence-corrected chi connectivity index (χ4v) is 2.05. The molecule has 106 valence electrons. The number of aromatic nitrogens is 3. The van der Waals surface area contributed by atoms with Gasteiger partial charge in [-0.1, -0.05) is 6.92 Å². The van der Waals surface area contributed by atoms with Gasteiger partial charge in [0.15, 0.2) is 0 Å². The molecule has 0 aliphatic rings. The number of rotatable bonds is 5. The Hall–Kier alpha value is -2.44. The number of hydrogen-bond donors (Lipinski definition) is 1. The number of nitrogens with one attached hydrogen (secondary N) is 1. The molecule has 2 aromatic heterocycles. The van der Waals surface area contributed by atoms with E-state index in [1.165, 1.54) is 6.20 Å². The number of nitro groups is 1. The largest absolute Gasteiger partial charge is 0.366 e. The molecule has 20 heavy (non-hydrogen) atoms. The third-order valence-electron chi connectivity index (χ3n) is 3.07. The first-order valence-corrected chi connectivity index (χ1v) is 6.37. The van der Waals surface area contributed by atoms with Crippen LogP contribution in [0, 0.1) is 17.0 Å². The highest BCUT2D eigenvalue weighted by Gasteiger charge is 2.12. The molecule has 1 N–H and O–H groups in total. The summed E-state index contributed by atoms with van der Waals surface area (Å²) >= 11 is 0. The van der Waals surface area contributed by atoms with Gasteiger partial charge in [-0.2, -0.15) is 5.10 Å². The van der Waals surface area contributed by atoms with Gasteiger partial charge < -0.3 is 5.32 Å². The van der Waals surface area contributed by atoms with E-state index in [1.807, 2.05) is 13.2 Å². The van der Waals surface area contributed by atoms with Crippen molar-refractivity contribution in [2.45, 2.75) is 26.8 Å². The molecule has 0 aromatic carbocycles. The molecule has 0 aliphatic carbocycles. The van der Waals surface area contributed by atoms with Gasteiger partial charge in [0.2, 0.25) is 0 Å². The van der Waals surface area contributed by atoms with Crippen LogP contribution in [-0.4, -0.2) is 19.7 Å². The first-order valence-electron chi connectivity index (χ1n) is 6.37. The first-order chi connectivity index (χ1) is 9.51. The van der Waals surface area contributed by atoms with E-state index in [0.717, 1.165) is 17.7 Å². The van der Waals surface area contributed by atoms with Gasteiger partial charge in [-0.05, 0) is 19.4 Å². The SMILES string of the molecule is CCc1nn(C)cc1CNc1cc(C)c([N+](=O)[O-])cn1. The molecule has 0 aliphatic heterocycles. The van der Waals surface area contributed by atoms with Gasteiger partial charge in [0.25, 0.3) is 5.69 Å². The normalized spacial score (nSPS) is 10.6. The number of anilines is 1. The minimum atomic E-state index is -0.428. The van der Waals surface area contributed by atoms with E-state index in [2.05, 4.69) is 22.3 Å². The highest BCUT2D eigenvalue weighted by molar-refractivity contribution is 5.47. The van der Waals surface area contributed by atoms with Crippen molar-refractivity contribution in [3.63, 3.8) is 0 Å². The van der Waals surface area contributed by atoms with Crippen LogP contribution in [0.5, 0.6) is 0 Å². The van der Waals surface area contributed by atoms with Crippen LogP contribution < -0.4 is 5.32 Å². The molecular weight excluding hydrogens is 258 g/mol. The van der Waals surface area contributed by atoms with Crippen molar-refractivity contribution < 1.29 is 4.92 Å². The molecule has 0 spiro atoms. The molecule has 2 heterocycles. The molecule has 7 nitrogen and oxygen atoms in total. The van der Waals surface area contributed by atoms with Gasteiger partial charge in [-0.15, -0.1) is 0 Å². The third-order valence-corrected chi connectivity index (χ3v) is 3.07. The molecule has 0 radical (unpaired) electrons. The predicted molar refractivity (Wildman–Crippen MR) is 75.5 cm³/mol. The second-order valence-corrected chi connectivity index (χ2v) is 4.59. The molecular formula is C13H17N5O2. The van der Waals surface area contributed by atoms with Gasteiger partial charge in [0.05, 0.1) is 10.6 Å². The first kappa shape index (κ1) is 14.0. The number of aryl methyl sites for hydroxylation is 3. The topological polar surface area (TPSA) is 85.9 Å². The van der Waals surface area contributed by atoms with E-state index in [0.29, 0.717) is 17.9 Å². The zero-order valence-electron chi connectivity index (χ0n) is 11.8. The van der Waals surface area contributed by atoms with Crippen LogP contribution in [0.25, 0.3) is 0 Å². The molecule has 0 saturated heterocycles. The molecule has 2 aromatic rings. The minimum Gasteiger partial charge on any atom is -0.366 e. The molecule has 0 fully saturated rings. The summed E-state index contributed by atoms with van der Waals surface area (Å²) in [4.78, 5) is 14.4. The van der Waals surface area contributed by atoms with Crippen molar-refractivity contribution in [3.05, 3.63) is 45.4 Å². The monoisotopic (exact) mass is 275 g/mol. The summed E-state index contributed by atoms with van der Waals surface area (Å²) < 4.78 is 1.78. The third kappa shape index (κ3) is 2.93. The Bertz CT molecular complexity index is 636. The van der Waals surface area contributed by atoms with Crippen LogP contribution in [-0.2, 0) is 20.0 Å². The van der Waals surface area contributed by atoms with Crippen molar-refractivity contribution in [3.8, 4) is 0 Å². The average molecular weight is 275 g/mol. The Morgan fingerprint density at radius 2 is 2.25 bits per heavy atom. The van der Waals surface area contributed by atoms with E-state index in [-0.39, 0.29) is 5.69 Å². The fraction of sp³-hybridized carbons (Fsp3) is 0.385. The van der Waals surface area contributed by atoms with Crippen LogP contribution in [0.2, 0.25) is 0 Å². The van der Waals surface area contributed by atoms with Crippen molar-refractivity contribution >= 4 is 11.5 Å². The Balaban J connectivity index is 2.11. The summed E-state index contributed by atoms with van der Waals surface area (Å²) in [5, 5.41) is 18.3. The standard InChI is InChI=1S/C13H17N5O2/c1-4-11-10(8-17(3)16-11)6-14-13-5-9(2)12(7-15-13)18(19)20/h5,7-8H,4,6H2,1-3H3,(H,14,15). The van der Waals surface area contributed by atoms with Gasteiger partial charge >= 0.3 is 0 Å². The van der Waals surface area contributed by atoms with Crippen LogP contribution in [0.1, 0.15) is 23.7 Å². The van der Waals surface area contributed by atoms with E-state index in [1.54, 1.807) is 17.7 Å². The lowest BCUT2D eigenvalue weighted by molar-refractivity contribution is -0.385. The number of hydrogen-bond acceptors (Lipinski definition) is 5. The smallest absolute Gasteiger partial charge is 0.290 e. The highest BCUT2D eigenvalue weighted by atomic mass is 16.6. The molecule has 7 heteroatoms. The Morgan fingerprint density at radius 3 is 2.85 bits per heavy atom. The van der Waals surface area contributed by atoms with Crippen molar-refractivity contribution in [1.82, 2.24) is 14.8 Å². The summed E-state index contributed by atoms with van der Waals surface area (Å²) in [7, 11) is 1.89. The number of pyridine rings is 1. The van der Waals surface area contributed by atoms with E-state index >= 15 is 0 Å². The second kappa shape index (κ2) is 5.68. The lowest BCUT2D eigenvalue weighted by atomic mass is 10.2. The Labute approximate surface area is 116 Å². The van der Waals surface area contributed by atoms with E-state index in [9.17, 15) is 10.1 Å². The zero-order chi connectivity index (χ0) is 14.7. The summed E-state index contributed by atoms with van der Waals surface area (Å²) in [6, 6.07) is 1.68. The zero-order valence-corrected chi connectivity index (χ0v) is 11.8. The number of nitrogens with zero attached hydrogens (tertiary/aromatic N) is 4. The predicted octanol–water partition coefficient (Wildman–Crippen LogP) is 2.21. The quantitative estimate of drug-likeness (QED) is 0.667. The summed E-state index contributed by atoms with van der Waals surface area (Å²) in [5.41, 5.74) is 2.77. The lowest BCUT2D eigenvalue weighted by Crippen LogP contribution is -2.04. The Kier molecular flexibility index (Phi) is 3.97. The van der Waals surface area contributed by atoms with Crippen LogP contribution >= 0.6 is 0 Å². The van der Waals surface area contributed by atoms with Crippen molar-refractivity contribution in [2.75, 3.05) is 5.32 Å². The van der Waals surface area contributed by atoms with Crippen LogP contribution in [0.15, 0.2) is 18.5 Å². The van der Waals surface area contributed by atoms with Crippen LogP contribution in [0.3, 0.4) is 0 Å². The molecule has 0 amide bonds. The maximum Gasteiger partial charge on any atom is 0.290 e. The van der Waals surface area contributed by atoms with Crippen molar-refractivity contribution in [1.29, 1.82) is 0 Å². The summed E-state index contributed by atoms with van der Waals surface area (Å²) in [5.74, 6) is 0.624.